The van der Waals surface area contributed by atoms with E-state index in [4.69, 9.17) is 0 Å². The zero-order chi connectivity index (χ0) is 18.1. The summed E-state index contributed by atoms with van der Waals surface area (Å²) >= 11 is 0. The summed E-state index contributed by atoms with van der Waals surface area (Å²) in [4.78, 5) is 13.2. The number of alkyl halides is 3. The highest BCUT2D eigenvalue weighted by Gasteiger charge is 2.34. The van der Waals surface area contributed by atoms with Crippen molar-refractivity contribution in [3.63, 3.8) is 0 Å². The van der Waals surface area contributed by atoms with Gasteiger partial charge in [0.25, 0.3) is 0 Å². The zero-order valence-electron chi connectivity index (χ0n) is 13.2. The molecule has 1 N–H and O–H groups in total. The highest BCUT2D eigenvalue weighted by atomic mass is 32.2. The second-order valence-corrected chi connectivity index (χ2v) is 7.61. The summed E-state index contributed by atoms with van der Waals surface area (Å²) in [5, 5.41) is 0. The molecule has 0 aliphatic heterocycles. The number of sulfonamides is 1. The van der Waals surface area contributed by atoms with E-state index in [9.17, 15) is 26.4 Å². The molecule has 0 saturated heterocycles. The van der Waals surface area contributed by atoms with Crippen molar-refractivity contribution >= 4 is 15.9 Å². The third kappa shape index (κ3) is 5.51. The van der Waals surface area contributed by atoms with Gasteiger partial charge in [0, 0.05) is 14.1 Å². The van der Waals surface area contributed by atoms with Gasteiger partial charge in [0.15, 0.2) is 0 Å². The van der Waals surface area contributed by atoms with E-state index < -0.39 is 39.0 Å². The Bertz CT molecular complexity index is 683. The molecule has 9 heteroatoms. The van der Waals surface area contributed by atoms with Crippen LogP contribution in [0, 0.1) is 0 Å². The lowest BCUT2D eigenvalue weighted by Gasteiger charge is -2.27. The number of hydrogen-bond donors (Lipinski definition) is 1. The van der Waals surface area contributed by atoms with Gasteiger partial charge in [-0.2, -0.15) is 17.9 Å². The lowest BCUT2D eigenvalue weighted by molar-refractivity contribution is -0.137. The number of hydrogen-bond acceptors (Lipinski definition) is 3. The Morgan fingerprint density at radius 3 is 2.26 bits per heavy atom. The highest BCUT2D eigenvalue weighted by molar-refractivity contribution is 7.88. The fourth-order valence-corrected chi connectivity index (χ4v) is 3.64. The third-order valence-electron chi connectivity index (χ3n) is 2.96. The monoisotopic (exact) mass is 352 g/mol. The van der Waals surface area contributed by atoms with E-state index in [2.05, 4.69) is 4.72 Å². The zero-order valence-corrected chi connectivity index (χ0v) is 14.0. The largest absolute Gasteiger partial charge is 0.416 e. The molecule has 1 aromatic carbocycles. The Morgan fingerprint density at radius 2 is 1.78 bits per heavy atom. The molecule has 0 saturated carbocycles. The maximum Gasteiger partial charge on any atom is 0.416 e. The van der Waals surface area contributed by atoms with Crippen LogP contribution >= 0.6 is 0 Å². The molecule has 0 bridgehead atoms. The van der Waals surface area contributed by atoms with Crippen LogP contribution in [0.3, 0.4) is 0 Å². The number of likely N-dealkylation sites (N-methyl/N-ethyl adjacent to an activating group) is 1. The van der Waals surface area contributed by atoms with Crippen LogP contribution in [-0.2, 0) is 26.7 Å². The van der Waals surface area contributed by atoms with Gasteiger partial charge in [-0.3, -0.25) is 4.79 Å². The number of halogens is 3. The molecule has 0 radical (unpaired) electrons. The predicted octanol–water partition coefficient (Wildman–Crippen LogP) is 1.99. The number of carbonyl (C=O) groups is 1. The van der Waals surface area contributed by atoms with Gasteiger partial charge in [-0.1, -0.05) is 18.2 Å². The number of nitrogens with one attached hydrogen (secondary N) is 1. The lowest BCUT2D eigenvalue weighted by atomic mass is 10.1. The molecule has 5 nitrogen and oxygen atoms in total. The number of rotatable bonds is 5. The highest BCUT2D eigenvalue weighted by Crippen LogP contribution is 2.29. The van der Waals surface area contributed by atoms with Crippen LogP contribution in [0.25, 0.3) is 0 Å². The van der Waals surface area contributed by atoms with E-state index in [1.165, 1.54) is 38.9 Å². The van der Waals surface area contributed by atoms with Crippen LogP contribution < -0.4 is 4.72 Å². The van der Waals surface area contributed by atoms with Crippen molar-refractivity contribution in [1.29, 1.82) is 0 Å². The van der Waals surface area contributed by atoms with Crippen molar-refractivity contribution in [3.05, 3.63) is 35.4 Å². The van der Waals surface area contributed by atoms with Crippen molar-refractivity contribution in [3.8, 4) is 0 Å². The number of carbonyl (C=O) groups excluding carboxylic acids is 1. The summed E-state index contributed by atoms with van der Waals surface area (Å²) in [6.45, 7) is 2.78. The molecule has 1 rings (SSSR count). The Labute approximate surface area is 133 Å². The van der Waals surface area contributed by atoms with E-state index in [0.717, 1.165) is 18.2 Å². The van der Waals surface area contributed by atoms with Gasteiger partial charge in [0.2, 0.25) is 15.9 Å². The smallest absolute Gasteiger partial charge is 0.347 e. The van der Waals surface area contributed by atoms with Crippen LogP contribution in [0.2, 0.25) is 0 Å². The second kappa shape index (κ2) is 6.48. The first-order valence-corrected chi connectivity index (χ1v) is 8.29. The van der Waals surface area contributed by atoms with E-state index in [1.807, 2.05) is 0 Å². The molecular weight excluding hydrogens is 333 g/mol. The maximum absolute atomic E-state index is 12.7. The van der Waals surface area contributed by atoms with E-state index in [1.54, 1.807) is 0 Å². The SMILES string of the molecule is CN(C)C(=O)C(C)(C)NS(=O)(=O)Cc1cccc(C(F)(F)F)c1. The minimum Gasteiger partial charge on any atom is -0.347 e. The first-order valence-electron chi connectivity index (χ1n) is 6.64. The number of amides is 1. The summed E-state index contributed by atoms with van der Waals surface area (Å²) < 4.78 is 64.5. The Balaban J connectivity index is 2.98. The molecule has 0 atom stereocenters. The molecule has 0 spiro atoms. The summed E-state index contributed by atoms with van der Waals surface area (Å²) in [6.07, 6.45) is -4.55. The van der Waals surface area contributed by atoms with Crippen molar-refractivity contribution in [1.82, 2.24) is 9.62 Å². The van der Waals surface area contributed by atoms with Gasteiger partial charge in [-0.25, -0.2) is 8.42 Å². The average Bonchev–Trinajstić information content (AvgIpc) is 2.34. The van der Waals surface area contributed by atoms with E-state index in [0.29, 0.717) is 0 Å². The van der Waals surface area contributed by atoms with Gasteiger partial charge >= 0.3 is 6.18 Å². The molecule has 1 amide bonds. The fourth-order valence-electron chi connectivity index (χ4n) is 2.08. The Morgan fingerprint density at radius 1 is 1.22 bits per heavy atom. The molecule has 130 valence electrons. The summed E-state index contributed by atoms with van der Waals surface area (Å²) in [5.41, 5.74) is -2.33. The van der Waals surface area contributed by atoms with Crippen LogP contribution in [0.4, 0.5) is 13.2 Å². The normalized spacial score (nSPS) is 13.0. The Hall–Kier alpha value is -1.61. The molecule has 0 fully saturated rings. The first-order chi connectivity index (χ1) is 10.2. The summed E-state index contributed by atoms with van der Waals surface area (Å²) in [5.74, 6) is -1.12. The minimum atomic E-state index is -4.55. The Kier molecular flexibility index (Phi) is 5.48. The topological polar surface area (TPSA) is 66.5 Å². The van der Waals surface area contributed by atoms with E-state index >= 15 is 0 Å². The van der Waals surface area contributed by atoms with Crippen molar-refractivity contribution in [2.45, 2.75) is 31.3 Å². The van der Waals surface area contributed by atoms with Crippen molar-refractivity contribution in [2.75, 3.05) is 14.1 Å². The van der Waals surface area contributed by atoms with Gasteiger partial charge in [0.1, 0.15) is 5.54 Å². The molecule has 23 heavy (non-hydrogen) atoms. The molecule has 1 aromatic rings. The summed E-state index contributed by atoms with van der Waals surface area (Å²) in [6, 6.07) is 4.07. The maximum atomic E-state index is 12.7. The number of nitrogens with zero attached hydrogens (tertiary/aromatic N) is 1. The average molecular weight is 352 g/mol. The quantitative estimate of drug-likeness (QED) is 0.881. The third-order valence-corrected chi connectivity index (χ3v) is 4.50. The van der Waals surface area contributed by atoms with Gasteiger partial charge < -0.3 is 4.90 Å². The van der Waals surface area contributed by atoms with Gasteiger partial charge in [0.05, 0.1) is 11.3 Å². The standard InChI is InChI=1S/C14H19F3N2O3S/c1-13(2,12(20)19(3)4)18-23(21,22)9-10-6-5-7-11(8-10)14(15,16)17/h5-8,18H,9H2,1-4H3. The lowest BCUT2D eigenvalue weighted by Crippen LogP contribution is -2.54. The van der Waals surface area contributed by atoms with Gasteiger partial charge in [-0.05, 0) is 25.5 Å². The fraction of sp³-hybridized carbons (Fsp3) is 0.500. The minimum absolute atomic E-state index is 0.0135. The molecule has 0 aliphatic rings. The van der Waals surface area contributed by atoms with Crippen molar-refractivity contribution < 1.29 is 26.4 Å². The van der Waals surface area contributed by atoms with Crippen LogP contribution in [0.1, 0.15) is 25.0 Å². The summed E-state index contributed by atoms with van der Waals surface area (Å²) in [7, 11) is -1.04. The molecule has 0 aliphatic carbocycles. The molecule has 0 heterocycles. The van der Waals surface area contributed by atoms with Crippen molar-refractivity contribution in [2.24, 2.45) is 0 Å². The first kappa shape index (κ1) is 19.4. The van der Waals surface area contributed by atoms with Crippen LogP contribution in [0.5, 0.6) is 0 Å². The molecule has 0 unspecified atom stereocenters. The molecule has 0 aromatic heterocycles. The van der Waals surface area contributed by atoms with Gasteiger partial charge in [-0.15, -0.1) is 0 Å². The predicted molar refractivity (Wildman–Crippen MR) is 80.0 cm³/mol. The van der Waals surface area contributed by atoms with E-state index in [-0.39, 0.29) is 5.56 Å². The molecular formula is C14H19F3N2O3S. The van der Waals surface area contributed by atoms with Crippen LogP contribution in [0.15, 0.2) is 24.3 Å². The second-order valence-electron chi connectivity index (χ2n) is 5.88. The number of benzene rings is 1. The van der Waals surface area contributed by atoms with Crippen LogP contribution in [-0.4, -0.2) is 38.9 Å².